The first-order valence-corrected chi connectivity index (χ1v) is 17.1. The summed E-state index contributed by atoms with van der Waals surface area (Å²) in [7, 11) is 0. The number of unbranched alkanes of at least 4 members (excludes halogenated alkanes) is 5. The van der Waals surface area contributed by atoms with Gasteiger partial charge >= 0.3 is 11.7 Å². The summed E-state index contributed by atoms with van der Waals surface area (Å²) < 4.78 is 7.21. The van der Waals surface area contributed by atoms with Gasteiger partial charge in [0.05, 0.1) is 19.7 Å². The summed E-state index contributed by atoms with van der Waals surface area (Å²) in [6.07, 6.45) is 11.0. The number of benzene rings is 1. The third-order valence-corrected chi connectivity index (χ3v) is 8.66. The quantitative estimate of drug-likeness (QED) is 0.143. The van der Waals surface area contributed by atoms with Crippen LogP contribution >= 0.6 is 0 Å². The number of piperidine rings is 1. The number of nitrogens with two attached hydrogens (primary N) is 1. The fraction of sp³-hybridized carbons (Fsp3) is 0.618. The third kappa shape index (κ3) is 10.9. The minimum absolute atomic E-state index is 0.0405. The third-order valence-electron chi connectivity index (χ3n) is 8.66. The number of carbonyl (C=O) groups is 2. The zero-order chi connectivity index (χ0) is 32.7. The van der Waals surface area contributed by atoms with Crippen LogP contribution in [0.25, 0.3) is 11.2 Å². The number of carbonyl (C=O) groups excluding carboxylic acids is 2. The molecule has 5 N–H and O–H groups in total. The minimum atomic E-state index is -0.288. The van der Waals surface area contributed by atoms with Crippen molar-refractivity contribution >= 4 is 28.8 Å². The standard InChI is InChI=1S/C34H52N8O4/c1-3-5-7-8-9-10-28(43)37-22-29(44)36-18-15-25-16-19-41(20-17-25)23-26-11-13-27(14-12-26)24-42-32-30(38-34(42)45)31(35)39-33(40-32)46-21-6-4-2/h11-14,25H,3-10,15-24H2,1-2H3,(H,36,44)(H,37,43)(H,38,45)(H2,35,39,40). The Balaban J connectivity index is 1.16. The van der Waals surface area contributed by atoms with Gasteiger partial charge in [-0.05, 0) is 62.2 Å². The molecule has 2 amide bonds. The summed E-state index contributed by atoms with van der Waals surface area (Å²) >= 11 is 0. The van der Waals surface area contributed by atoms with Gasteiger partial charge in [0.15, 0.2) is 11.5 Å². The Hall–Kier alpha value is -3.93. The maximum absolute atomic E-state index is 12.7. The number of nitrogens with one attached hydrogen (secondary N) is 3. The van der Waals surface area contributed by atoms with Crippen LogP contribution in [0.1, 0.15) is 95.6 Å². The Morgan fingerprint density at radius 3 is 2.35 bits per heavy atom. The van der Waals surface area contributed by atoms with Gasteiger partial charge in [-0.25, -0.2) is 4.79 Å². The lowest BCUT2D eigenvalue weighted by Gasteiger charge is -2.32. The number of H-pyrrole nitrogens is 1. The lowest BCUT2D eigenvalue weighted by Crippen LogP contribution is -2.38. The van der Waals surface area contributed by atoms with E-state index in [1.54, 1.807) is 4.57 Å². The number of imidazole rings is 1. The highest BCUT2D eigenvalue weighted by molar-refractivity contribution is 5.84. The molecule has 3 aromatic rings. The van der Waals surface area contributed by atoms with Gasteiger partial charge in [0.25, 0.3) is 0 Å². The lowest BCUT2D eigenvalue weighted by atomic mass is 9.93. The molecule has 1 saturated heterocycles. The molecule has 0 atom stereocenters. The monoisotopic (exact) mass is 636 g/mol. The predicted molar refractivity (Wildman–Crippen MR) is 181 cm³/mol. The maximum atomic E-state index is 12.7. The number of aromatic amines is 1. The van der Waals surface area contributed by atoms with Gasteiger partial charge in [0, 0.05) is 19.5 Å². The van der Waals surface area contributed by atoms with Gasteiger partial charge in [-0.15, -0.1) is 0 Å². The van der Waals surface area contributed by atoms with Crippen LogP contribution in [0.5, 0.6) is 6.01 Å². The number of amides is 2. The SMILES string of the molecule is CCCCCCCC(=O)NCC(=O)NCCC1CCN(Cc2ccc(Cn3c(=O)[nH]c4c(N)nc(OCCCC)nc43)cc2)CC1. The van der Waals surface area contributed by atoms with Crippen LogP contribution in [0, 0.1) is 5.92 Å². The largest absolute Gasteiger partial charge is 0.463 e. The van der Waals surface area contributed by atoms with Crippen molar-refractivity contribution in [1.29, 1.82) is 0 Å². The highest BCUT2D eigenvalue weighted by Crippen LogP contribution is 2.22. The summed E-state index contributed by atoms with van der Waals surface area (Å²) in [4.78, 5) is 50.7. The van der Waals surface area contributed by atoms with Crippen LogP contribution in [0.15, 0.2) is 29.1 Å². The summed E-state index contributed by atoms with van der Waals surface area (Å²) in [5.41, 5.74) is 8.86. The Labute approximate surface area is 271 Å². The van der Waals surface area contributed by atoms with Crippen molar-refractivity contribution in [2.24, 2.45) is 5.92 Å². The van der Waals surface area contributed by atoms with Crippen molar-refractivity contribution in [2.75, 3.05) is 38.5 Å². The molecule has 12 heteroatoms. The molecule has 1 fully saturated rings. The highest BCUT2D eigenvalue weighted by Gasteiger charge is 2.20. The Morgan fingerprint density at radius 1 is 0.935 bits per heavy atom. The van der Waals surface area contributed by atoms with E-state index >= 15 is 0 Å². The first-order valence-electron chi connectivity index (χ1n) is 17.1. The van der Waals surface area contributed by atoms with Crippen molar-refractivity contribution < 1.29 is 14.3 Å². The molecule has 1 aromatic carbocycles. The van der Waals surface area contributed by atoms with E-state index in [1.807, 2.05) is 0 Å². The molecular formula is C34H52N8O4. The summed E-state index contributed by atoms with van der Waals surface area (Å²) in [6.45, 7) is 8.71. The number of nitrogens with zero attached hydrogens (tertiary/aromatic N) is 4. The fourth-order valence-corrected chi connectivity index (χ4v) is 5.81. The van der Waals surface area contributed by atoms with E-state index in [2.05, 4.69) is 68.6 Å². The maximum Gasteiger partial charge on any atom is 0.328 e. The zero-order valence-corrected chi connectivity index (χ0v) is 27.6. The Kier molecular flexibility index (Phi) is 13.9. The topological polar surface area (TPSA) is 160 Å². The van der Waals surface area contributed by atoms with E-state index in [-0.39, 0.29) is 35.9 Å². The summed E-state index contributed by atoms with van der Waals surface area (Å²) in [6, 6.07) is 8.51. The molecule has 2 aromatic heterocycles. The molecule has 252 valence electrons. The average Bonchev–Trinajstić information content (AvgIpc) is 3.36. The molecule has 0 spiro atoms. The van der Waals surface area contributed by atoms with Crippen LogP contribution < -0.4 is 26.8 Å². The molecule has 0 saturated carbocycles. The number of hydrogen-bond acceptors (Lipinski definition) is 8. The summed E-state index contributed by atoms with van der Waals surface area (Å²) in [5, 5.41) is 5.70. The lowest BCUT2D eigenvalue weighted by molar-refractivity contribution is -0.126. The van der Waals surface area contributed by atoms with Crippen molar-refractivity contribution in [3.63, 3.8) is 0 Å². The summed E-state index contributed by atoms with van der Waals surface area (Å²) in [5.74, 6) is 0.622. The van der Waals surface area contributed by atoms with Gasteiger partial charge in [0.1, 0.15) is 5.52 Å². The Morgan fingerprint density at radius 2 is 1.63 bits per heavy atom. The van der Waals surface area contributed by atoms with Gasteiger partial charge in [-0.1, -0.05) is 70.2 Å². The van der Waals surface area contributed by atoms with Crippen molar-refractivity contribution in [2.45, 2.75) is 97.6 Å². The molecule has 1 aliphatic heterocycles. The number of likely N-dealkylation sites (tertiary alicyclic amines) is 1. The van der Waals surface area contributed by atoms with Crippen LogP contribution in [-0.2, 0) is 22.7 Å². The van der Waals surface area contributed by atoms with Gasteiger partial charge < -0.3 is 26.1 Å². The predicted octanol–water partition coefficient (Wildman–Crippen LogP) is 4.12. The number of nitrogen functional groups attached to an aromatic ring is 1. The number of fused-ring (bicyclic) bond motifs is 1. The van der Waals surface area contributed by atoms with Crippen molar-refractivity contribution in [3.05, 3.63) is 45.9 Å². The molecule has 0 radical (unpaired) electrons. The number of aromatic nitrogens is 4. The average molecular weight is 637 g/mol. The molecule has 0 bridgehead atoms. The van der Waals surface area contributed by atoms with Crippen molar-refractivity contribution in [1.82, 2.24) is 35.1 Å². The van der Waals surface area contributed by atoms with Crippen LogP contribution in [0.2, 0.25) is 0 Å². The highest BCUT2D eigenvalue weighted by atomic mass is 16.5. The van der Waals surface area contributed by atoms with E-state index in [0.717, 1.165) is 76.6 Å². The van der Waals surface area contributed by atoms with Gasteiger partial charge in [-0.3, -0.25) is 19.1 Å². The van der Waals surface area contributed by atoms with E-state index in [4.69, 9.17) is 10.5 Å². The molecule has 12 nitrogen and oxygen atoms in total. The molecule has 0 aliphatic carbocycles. The van der Waals surface area contributed by atoms with Crippen LogP contribution in [0.4, 0.5) is 5.82 Å². The molecule has 3 heterocycles. The van der Waals surface area contributed by atoms with E-state index < -0.39 is 0 Å². The zero-order valence-electron chi connectivity index (χ0n) is 27.6. The minimum Gasteiger partial charge on any atom is -0.463 e. The molecule has 0 unspecified atom stereocenters. The fourth-order valence-electron chi connectivity index (χ4n) is 5.81. The first kappa shape index (κ1) is 34.9. The molecular weight excluding hydrogens is 584 g/mol. The number of rotatable bonds is 19. The second-order valence-electron chi connectivity index (χ2n) is 12.4. The van der Waals surface area contributed by atoms with E-state index in [1.165, 1.54) is 18.4 Å². The van der Waals surface area contributed by atoms with Crippen LogP contribution in [0.3, 0.4) is 0 Å². The van der Waals surface area contributed by atoms with Gasteiger partial charge in [-0.2, -0.15) is 9.97 Å². The molecule has 46 heavy (non-hydrogen) atoms. The normalized spacial score (nSPS) is 14.0. The number of ether oxygens (including phenoxy) is 1. The number of anilines is 1. The van der Waals surface area contributed by atoms with Crippen LogP contribution in [-0.4, -0.2) is 69.0 Å². The van der Waals surface area contributed by atoms with Crippen molar-refractivity contribution in [3.8, 4) is 6.01 Å². The Bertz CT molecular complexity index is 1440. The van der Waals surface area contributed by atoms with Gasteiger partial charge in [0.2, 0.25) is 11.8 Å². The van der Waals surface area contributed by atoms with E-state index in [0.29, 0.717) is 43.2 Å². The molecule has 1 aliphatic rings. The smallest absolute Gasteiger partial charge is 0.328 e. The second-order valence-corrected chi connectivity index (χ2v) is 12.4. The second kappa shape index (κ2) is 18.3. The first-order chi connectivity index (χ1) is 22.4. The molecule has 4 rings (SSSR count). The number of hydrogen-bond donors (Lipinski definition) is 4. The van der Waals surface area contributed by atoms with E-state index in [9.17, 15) is 14.4 Å².